The molecule has 27 heteroatoms. The molecule has 0 saturated carbocycles. The zero-order valence-corrected chi connectivity index (χ0v) is 63.7. The van der Waals surface area contributed by atoms with Gasteiger partial charge >= 0.3 is 0 Å². The summed E-state index contributed by atoms with van der Waals surface area (Å²) in [6.07, 6.45) is 9.57. The molecule has 4 aromatic carbocycles. The summed E-state index contributed by atoms with van der Waals surface area (Å²) in [5.41, 5.74) is 17.4. The highest BCUT2D eigenvalue weighted by Crippen LogP contribution is 2.36. The zero-order chi connectivity index (χ0) is 76.0. The quantitative estimate of drug-likeness (QED) is 0.0170. The lowest BCUT2D eigenvalue weighted by atomic mass is 9.85. The number of carbonyl (C=O) groups is 9. The molecular weight excluding hydrogens is 1350 g/mol. The summed E-state index contributed by atoms with van der Waals surface area (Å²) in [6, 6.07) is 20.7. The standard InChI is InChI=1S/C78H115N17O9S/c1-49(82-8)68(97)91-66(77(3,4)5)74(103)95-47-58(45-64(95)73(102)90-62-28-17-24-52-22-11-13-26-60(52)62)88-71(100)54-31-29-53(30-32-54)70(99)87-57-34-33-55-44-63(72(101)89-61-27-16-23-51-21-10-12-25-59(51)61)94(46-56(55)43-57)75(104)67(92-69(98)50(2)83-9)78(6,7)105-48-65(96)86-40-20-42-93(76(80)81)41-19-39-85-37-15-14-36-84-38-18-35-79/h10-13,21-22,25-26,29-34,43,49-50,58,61-64,66-67,82-85H,14-20,23-24,27-28,35-42,44-48,79H2,1-9H3,(H3,80,81)(H,86,96)(H,87,99)(H,88,100)(H,89,101)(H,90,102)(H,91,97)(H,92,98)/t49-,50-,58-,61+,62+,63-,64-,66+,67+/m0/s1. The molecule has 9 atom stereocenters. The largest absolute Gasteiger partial charge is 0.370 e. The smallest absolute Gasteiger partial charge is 0.255 e. The third-order valence-corrected chi connectivity index (χ3v) is 22.0. The number of fused-ring (bicyclic) bond motifs is 3. The minimum absolute atomic E-state index is 0.00356. The second-order valence-corrected chi connectivity index (χ2v) is 31.5. The second kappa shape index (κ2) is 39.2. The number of likely N-dealkylation sites (tertiary alicyclic amines) is 1. The van der Waals surface area contributed by atoms with Crippen molar-refractivity contribution in [3.05, 3.63) is 136 Å². The minimum atomic E-state index is -1.24. The van der Waals surface area contributed by atoms with Gasteiger partial charge in [0.2, 0.25) is 41.4 Å². The predicted octanol–water partition coefficient (Wildman–Crippen LogP) is 4.42. The number of aryl methyl sites for hydroxylation is 2. The van der Waals surface area contributed by atoms with Gasteiger partial charge < -0.3 is 84.7 Å². The van der Waals surface area contributed by atoms with E-state index in [1.165, 1.54) is 45.8 Å². The summed E-state index contributed by atoms with van der Waals surface area (Å²) in [6.45, 7) is 18.0. The van der Waals surface area contributed by atoms with Crippen molar-refractivity contribution in [2.45, 2.75) is 198 Å². The number of benzene rings is 4. The molecule has 0 spiro atoms. The monoisotopic (exact) mass is 1470 g/mol. The average molecular weight is 1470 g/mol. The van der Waals surface area contributed by atoms with Crippen molar-refractivity contribution in [2.24, 2.45) is 16.9 Å². The van der Waals surface area contributed by atoms with Gasteiger partial charge in [0.25, 0.3) is 11.8 Å². The van der Waals surface area contributed by atoms with E-state index < -0.39 is 82.0 Å². The fourth-order valence-electron chi connectivity index (χ4n) is 14.1. The van der Waals surface area contributed by atoms with Gasteiger partial charge in [0.15, 0.2) is 5.96 Å². The average Bonchev–Trinajstić information content (AvgIpc) is 1.19. The Hall–Kier alpha value is -8.47. The minimum Gasteiger partial charge on any atom is -0.370 e. The van der Waals surface area contributed by atoms with Gasteiger partial charge in [-0.2, -0.15) is 0 Å². The number of nitrogens with two attached hydrogens (primary N) is 2. The number of carbonyl (C=O) groups excluding carboxylic acids is 9. The fourth-order valence-corrected chi connectivity index (χ4v) is 15.0. The van der Waals surface area contributed by atoms with Crippen LogP contribution < -0.4 is 70.0 Å². The molecule has 8 rings (SSSR count). The molecule has 4 aromatic rings. The summed E-state index contributed by atoms with van der Waals surface area (Å²) >= 11 is 1.20. The first-order chi connectivity index (χ1) is 50.2. The van der Waals surface area contributed by atoms with E-state index in [1.807, 2.05) is 63.2 Å². The van der Waals surface area contributed by atoms with Crippen LogP contribution in [0.2, 0.25) is 0 Å². The molecule has 16 N–H and O–H groups in total. The van der Waals surface area contributed by atoms with E-state index in [9.17, 15) is 38.4 Å². The first kappa shape index (κ1) is 82.2. The maximum absolute atomic E-state index is 15.7. The number of anilines is 1. The lowest BCUT2D eigenvalue weighted by Crippen LogP contribution is -2.63. The van der Waals surface area contributed by atoms with Crippen LogP contribution in [0.3, 0.4) is 0 Å². The Morgan fingerprint density at radius 1 is 0.610 bits per heavy atom. The van der Waals surface area contributed by atoms with Crippen molar-refractivity contribution in [1.29, 1.82) is 5.41 Å². The number of hydrogen-bond acceptors (Lipinski definition) is 16. The maximum atomic E-state index is 15.7. The van der Waals surface area contributed by atoms with E-state index in [0.717, 1.165) is 112 Å². The van der Waals surface area contributed by atoms with Crippen LogP contribution in [0.4, 0.5) is 5.69 Å². The molecule has 105 heavy (non-hydrogen) atoms. The van der Waals surface area contributed by atoms with Crippen molar-refractivity contribution in [2.75, 3.05) is 84.1 Å². The van der Waals surface area contributed by atoms with Crippen LogP contribution in [0.5, 0.6) is 0 Å². The lowest BCUT2D eigenvalue weighted by Gasteiger charge is -2.42. The predicted molar refractivity (Wildman–Crippen MR) is 412 cm³/mol. The van der Waals surface area contributed by atoms with Crippen LogP contribution in [-0.2, 0) is 59.4 Å². The highest BCUT2D eigenvalue weighted by Gasteiger charge is 2.48. The molecule has 0 unspecified atom stereocenters. The van der Waals surface area contributed by atoms with Gasteiger partial charge in [-0.15, -0.1) is 11.8 Å². The molecule has 1 saturated heterocycles. The number of likely N-dealkylation sites (N-methyl/N-ethyl adjacent to an activating group) is 2. The lowest BCUT2D eigenvalue weighted by molar-refractivity contribution is -0.145. The Bertz CT molecular complexity index is 3660. The highest BCUT2D eigenvalue weighted by molar-refractivity contribution is 8.01. The molecule has 0 radical (unpaired) electrons. The van der Waals surface area contributed by atoms with Crippen molar-refractivity contribution >= 4 is 76.6 Å². The van der Waals surface area contributed by atoms with Gasteiger partial charge in [-0.25, -0.2) is 0 Å². The Labute approximate surface area is 624 Å². The van der Waals surface area contributed by atoms with Crippen molar-refractivity contribution in [1.82, 2.24) is 67.9 Å². The maximum Gasteiger partial charge on any atom is 0.255 e. The number of rotatable bonds is 36. The molecule has 2 heterocycles. The normalized spacial score (nSPS) is 18.9. The molecule has 0 aromatic heterocycles. The van der Waals surface area contributed by atoms with Crippen LogP contribution in [0.25, 0.3) is 0 Å². The molecule has 4 aliphatic rings. The van der Waals surface area contributed by atoms with Crippen LogP contribution >= 0.6 is 11.8 Å². The zero-order valence-electron chi connectivity index (χ0n) is 62.9. The van der Waals surface area contributed by atoms with Gasteiger partial charge in [0, 0.05) is 66.7 Å². The second-order valence-electron chi connectivity index (χ2n) is 29.9. The molecule has 572 valence electrons. The number of nitrogens with one attached hydrogen (secondary N) is 12. The van der Waals surface area contributed by atoms with Gasteiger partial charge in [-0.05, 0) is 227 Å². The molecule has 2 aliphatic heterocycles. The SMILES string of the molecule is CN[C@@H](C)C(=O)N[C@H](C(=O)N1C[C@@H](NC(=O)c2ccc(C(=O)Nc3ccc4c(c3)CN(C(=O)[C@@H](NC(=O)[C@H](C)NC)C(C)(C)SCC(=O)NCCCN(CCCNCCCCNCCCN)C(=N)N)[C@H](C(=O)N[C@@H]3CCCc5ccccc53)C4)cc2)C[C@H]1C(=O)N[C@@H]1CCCc2ccccc21)C(C)(C)C. The van der Waals surface area contributed by atoms with Crippen molar-refractivity contribution in [3.8, 4) is 0 Å². The number of guanidine groups is 1. The number of unbranched alkanes of at least 4 members (excludes halogenated alkanes) is 1. The van der Waals surface area contributed by atoms with E-state index in [1.54, 1.807) is 58.8 Å². The number of nitrogens with zero attached hydrogens (tertiary/aromatic N) is 3. The third kappa shape index (κ3) is 23.0. The molecule has 26 nitrogen and oxygen atoms in total. The number of amides is 9. The Morgan fingerprint density at radius 2 is 1.13 bits per heavy atom. The number of thioether (sulfide) groups is 1. The van der Waals surface area contributed by atoms with Gasteiger partial charge in [-0.1, -0.05) is 75.4 Å². The molecule has 1 fully saturated rings. The summed E-state index contributed by atoms with van der Waals surface area (Å²) in [7, 11) is 3.29. The van der Waals surface area contributed by atoms with Crippen molar-refractivity contribution in [3.63, 3.8) is 0 Å². The van der Waals surface area contributed by atoms with Crippen molar-refractivity contribution < 1.29 is 43.2 Å². The van der Waals surface area contributed by atoms with E-state index >= 15 is 4.79 Å². The van der Waals surface area contributed by atoms with Gasteiger partial charge in [0.1, 0.15) is 24.2 Å². The van der Waals surface area contributed by atoms with E-state index in [0.29, 0.717) is 50.3 Å². The highest BCUT2D eigenvalue weighted by atomic mass is 32.2. The van der Waals surface area contributed by atoms with Gasteiger partial charge in [-0.3, -0.25) is 48.6 Å². The van der Waals surface area contributed by atoms with E-state index in [-0.39, 0.29) is 84.5 Å². The first-order valence-electron chi connectivity index (χ1n) is 37.5. The first-order valence-corrected chi connectivity index (χ1v) is 38.5. The summed E-state index contributed by atoms with van der Waals surface area (Å²) in [5, 5.41) is 42.4. The fraction of sp³-hybridized carbons (Fsp3) is 0.564. The molecular formula is C78H115N17O9S. The van der Waals surface area contributed by atoms with Crippen LogP contribution in [0, 0.1) is 10.8 Å². The van der Waals surface area contributed by atoms with Crippen LogP contribution in [0.1, 0.15) is 179 Å². The molecule has 9 amide bonds. The number of hydrogen-bond donors (Lipinski definition) is 14. The van der Waals surface area contributed by atoms with Crippen LogP contribution in [-0.4, -0.2) is 200 Å². The van der Waals surface area contributed by atoms with E-state index in [4.69, 9.17) is 16.9 Å². The Balaban J connectivity index is 0.941. The molecule has 0 bridgehead atoms. The third-order valence-electron chi connectivity index (χ3n) is 20.6. The van der Waals surface area contributed by atoms with Crippen LogP contribution in [0.15, 0.2) is 91.0 Å². The Kier molecular flexibility index (Phi) is 30.7. The summed E-state index contributed by atoms with van der Waals surface area (Å²) in [4.78, 5) is 134. The Morgan fingerprint density at radius 3 is 1.70 bits per heavy atom. The summed E-state index contributed by atoms with van der Waals surface area (Å²) < 4.78 is -1.13. The van der Waals surface area contributed by atoms with E-state index in [2.05, 4.69) is 70.6 Å². The summed E-state index contributed by atoms with van der Waals surface area (Å²) in [5.74, 6) is -3.91. The van der Waals surface area contributed by atoms with Gasteiger partial charge in [0.05, 0.1) is 29.9 Å². The molecule has 2 aliphatic carbocycles. The topological polar surface area (TPSA) is 372 Å².